The van der Waals surface area contributed by atoms with Crippen LogP contribution in [0.4, 0.5) is 0 Å². The van der Waals surface area contributed by atoms with Gasteiger partial charge in [-0.05, 0) is 6.92 Å². The molecular formula is C62H104N4O44. The van der Waals surface area contributed by atoms with Crippen molar-refractivity contribution in [3.05, 3.63) is 0 Å². The standard InChI is InChI=1S/C62H104N4O44/c1-15-32(77)42(87)46(91)58(97-15)95-14-28-51(33(78)20(12-94-28)63-16(2)73)105-56-30(65-18(4)75)40(85)50(26(11-72)102-56)107-60-48(93)52(108-62-54(45(90)37(82)24(9-70)101-62)110-55-29(64-17(3)74)39(84)34(79)21(6-67)98-55)38(83)27(104-60)13-96-61-53(44(89)36(81)23(8-69)100-61)109-57-31(66-19(5)76)41(86)49(25(10-71)103-57)106-59-47(92)43(88)35(80)22(7-68)99-59/h15,20-62,67-72,77-93H,6-14H2,1-5H3,(H,63,73)(H,64,74)(H,65,75)(H,66,76)/t15-,20-,21+,22+,23+,24+,25+,26+,27+,28+,29+,30+,31+,32+,33+,34+,35-,36+,37+,38+,39+,40+,41+,42+,43-,44-,45-,46-,47+,48-,49+,50+,51+,52-,53-,54-,55-,56-,57-,58-,59+,60-,61-,62+/m0/s1. The summed E-state index contributed by atoms with van der Waals surface area (Å²) >= 11 is 0. The van der Waals surface area contributed by atoms with E-state index in [-0.39, 0.29) is 0 Å². The van der Waals surface area contributed by atoms with Crippen LogP contribution in [0.3, 0.4) is 0 Å². The molecule has 48 heteroatoms. The largest absolute Gasteiger partial charge is 0.394 e. The summed E-state index contributed by atoms with van der Waals surface area (Å²) in [5.74, 6) is -3.37. The molecule has 9 heterocycles. The molecule has 0 aliphatic carbocycles. The van der Waals surface area contributed by atoms with E-state index >= 15 is 0 Å². The minimum Gasteiger partial charge on any atom is -0.394 e. The summed E-state index contributed by atoms with van der Waals surface area (Å²) < 4.78 is 101. The zero-order valence-electron chi connectivity index (χ0n) is 59.6. The highest BCUT2D eigenvalue weighted by molar-refractivity contribution is 5.74. The van der Waals surface area contributed by atoms with E-state index in [0.717, 1.165) is 27.7 Å². The molecule has 9 saturated heterocycles. The first-order valence-corrected chi connectivity index (χ1v) is 35.3. The number of carbonyl (C=O) groups is 4. The van der Waals surface area contributed by atoms with Gasteiger partial charge in [0.15, 0.2) is 50.3 Å². The first-order chi connectivity index (χ1) is 52.0. The highest BCUT2D eigenvalue weighted by atomic mass is 16.8. The van der Waals surface area contributed by atoms with Gasteiger partial charge in [-0.15, -0.1) is 0 Å². The molecule has 9 aliphatic heterocycles. The van der Waals surface area contributed by atoms with Gasteiger partial charge < -0.3 is 219 Å². The number of aliphatic hydroxyl groups excluding tert-OH is 23. The number of carbonyl (C=O) groups excluding carboxylic acids is 4. The Morgan fingerprint density at radius 1 is 0.282 bits per heavy atom. The molecule has 9 aliphatic rings. The fraction of sp³-hybridized carbons (Fsp3) is 0.935. The third-order valence-electron chi connectivity index (χ3n) is 20.2. The third-order valence-corrected chi connectivity index (χ3v) is 20.2. The Bertz CT molecular complexity index is 2920. The Morgan fingerprint density at radius 3 is 1.08 bits per heavy atom. The van der Waals surface area contributed by atoms with Crippen molar-refractivity contribution in [2.75, 3.05) is 59.5 Å². The molecule has 44 atom stereocenters. The first-order valence-electron chi connectivity index (χ1n) is 35.3. The lowest BCUT2D eigenvalue weighted by molar-refractivity contribution is -0.396. The Hall–Kier alpha value is -3.72. The van der Waals surface area contributed by atoms with E-state index in [2.05, 4.69) is 21.3 Å². The lowest BCUT2D eigenvalue weighted by Gasteiger charge is -2.51. The van der Waals surface area contributed by atoms with Gasteiger partial charge in [-0.3, -0.25) is 19.2 Å². The monoisotopic (exact) mass is 1610 g/mol. The van der Waals surface area contributed by atoms with Crippen molar-refractivity contribution in [2.24, 2.45) is 0 Å². The molecule has 0 bridgehead atoms. The molecule has 9 fully saturated rings. The van der Waals surface area contributed by atoms with Gasteiger partial charge in [0, 0.05) is 27.7 Å². The molecule has 48 nitrogen and oxygen atoms in total. The Labute approximate surface area is 624 Å². The van der Waals surface area contributed by atoms with E-state index < -0.39 is 353 Å². The maximum absolute atomic E-state index is 13.2. The second kappa shape index (κ2) is 39.5. The fourth-order valence-corrected chi connectivity index (χ4v) is 14.2. The molecule has 0 spiro atoms. The van der Waals surface area contributed by atoms with Gasteiger partial charge in [0.25, 0.3) is 0 Å². The Balaban J connectivity index is 1.04. The van der Waals surface area contributed by atoms with E-state index in [9.17, 15) is 137 Å². The van der Waals surface area contributed by atoms with Gasteiger partial charge in [-0.1, -0.05) is 0 Å². The van der Waals surface area contributed by atoms with E-state index in [4.69, 9.17) is 80.5 Å². The van der Waals surface area contributed by atoms with E-state index in [1.165, 1.54) is 6.92 Å². The molecule has 0 aromatic carbocycles. The van der Waals surface area contributed by atoms with Crippen LogP contribution in [0, 0.1) is 0 Å². The first kappa shape index (κ1) is 90.2. The molecule has 110 heavy (non-hydrogen) atoms. The minimum atomic E-state index is -2.53. The quantitative estimate of drug-likeness (QED) is 0.0346. The smallest absolute Gasteiger partial charge is 0.217 e. The van der Waals surface area contributed by atoms with Crippen molar-refractivity contribution in [3.63, 3.8) is 0 Å². The number of amides is 4. The van der Waals surface area contributed by atoms with Crippen LogP contribution in [0.2, 0.25) is 0 Å². The molecule has 636 valence electrons. The van der Waals surface area contributed by atoms with Crippen molar-refractivity contribution in [1.82, 2.24) is 21.3 Å². The van der Waals surface area contributed by atoms with Crippen LogP contribution in [0.25, 0.3) is 0 Å². The van der Waals surface area contributed by atoms with Crippen molar-refractivity contribution >= 4 is 23.6 Å². The summed E-state index contributed by atoms with van der Waals surface area (Å²) in [6.45, 7) is -3.32. The average Bonchev–Trinajstić information content (AvgIpc) is 0.770. The molecule has 0 unspecified atom stereocenters. The second-order valence-corrected chi connectivity index (χ2v) is 28.1. The Morgan fingerprint density at radius 2 is 0.609 bits per heavy atom. The predicted molar refractivity (Wildman–Crippen MR) is 341 cm³/mol. The van der Waals surface area contributed by atoms with Gasteiger partial charge in [-0.2, -0.15) is 0 Å². The number of hydrogen-bond acceptors (Lipinski definition) is 44. The predicted octanol–water partition coefficient (Wildman–Crippen LogP) is -18.3. The molecule has 0 radical (unpaired) electrons. The maximum Gasteiger partial charge on any atom is 0.217 e. The van der Waals surface area contributed by atoms with Crippen LogP contribution < -0.4 is 21.3 Å². The SMILES string of the molecule is CC(=O)N[C@H]1[C@H](O[C@H]2[C@H](O)[C@@H](NC(C)=O)CO[C@@H]2CO[C@H]2O[C@@H](C)[C@@H](O)[C@@H](O)[C@@H]2O)O[C@H](CO)[C@@H](O[C@@H]2O[C@H](CO[C@H]3O[C@H](CO)[C@@H](O)[C@H](O)[C@@H]3O[C@@H]3O[C@H](CO)[C@@H](O[C@H]4O[C@H](CO)[C@H](O)[C@H](O)[C@H]4O)[C@H](O)[C@H]3NC(C)=O)[C@@H](O)[C@H](O[C@H]3O[C@H](CO)[C@@H](O)[C@H](O)[C@@H]3O[C@@H]3O[C@H](CO)[C@@H](O)[C@H](O)[C@H]3NC(C)=O)[C@@H]2O)[C@@H]1O. The molecular weight excluding hydrogens is 1500 g/mol. The van der Waals surface area contributed by atoms with E-state index in [1.807, 2.05) is 0 Å². The molecule has 0 saturated carbocycles. The molecule has 0 aromatic heterocycles. The highest BCUT2D eigenvalue weighted by Gasteiger charge is 2.60. The summed E-state index contributed by atoms with van der Waals surface area (Å²) in [4.78, 5) is 50.9. The lowest BCUT2D eigenvalue weighted by atomic mass is 9.94. The number of rotatable bonds is 28. The van der Waals surface area contributed by atoms with Crippen LogP contribution in [0.1, 0.15) is 34.6 Å². The normalized spacial score (nSPS) is 48.9. The number of nitrogens with one attached hydrogen (secondary N) is 4. The zero-order valence-corrected chi connectivity index (χ0v) is 59.6. The second-order valence-electron chi connectivity index (χ2n) is 28.1. The van der Waals surface area contributed by atoms with Gasteiger partial charge in [0.2, 0.25) is 23.6 Å². The summed E-state index contributed by atoms with van der Waals surface area (Å²) in [6.07, 6.45) is -79.5. The van der Waals surface area contributed by atoms with Gasteiger partial charge in [0.05, 0.1) is 71.6 Å². The average molecular weight is 1610 g/mol. The van der Waals surface area contributed by atoms with Crippen molar-refractivity contribution in [1.29, 1.82) is 0 Å². The van der Waals surface area contributed by atoms with Crippen molar-refractivity contribution in [2.45, 2.75) is 304 Å². The van der Waals surface area contributed by atoms with Crippen molar-refractivity contribution < 1.29 is 217 Å². The molecule has 27 N–H and O–H groups in total. The van der Waals surface area contributed by atoms with Crippen LogP contribution in [-0.2, 0) is 99.7 Å². The Kier molecular flexibility index (Phi) is 32.4. The van der Waals surface area contributed by atoms with E-state index in [1.54, 1.807) is 0 Å². The summed E-state index contributed by atoms with van der Waals surface area (Å²) in [7, 11) is 0. The van der Waals surface area contributed by atoms with Gasteiger partial charge >= 0.3 is 0 Å². The van der Waals surface area contributed by atoms with Crippen LogP contribution in [-0.4, -0.2) is 470 Å². The number of hydrogen-bond donors (Lipinski definition) is 27. The molecule has 0 aromatic rings. The third kappa shape index (κ3) is 20.1. The van der Waals surface area contributed by atoms with E-state index in [0.29, 0.717) is 0 Å². The summed E-state index contributed by atoms with van der Waals surface area (Å²) in [5.41, 5.74) is 0. The lowest BCUT2D eigenvalue weighted by Crippen LogP contribution is -2.70. The zero-order chi connectivity index (χ0) is 80.9. The summed E-state index contributed by atoms with van der Waals surface area (Å²) in [6, 6.07) is -6.82. The number of ether oxygens (including phenoxy) is 17. The van der Waals surface area contributed by atoms with Crippen molar-refractivity contribution in [3.8, 4) is 0 Å². The minimum absolute atomic E-state index is 0.422. The number of aliphatic hydroxyl groups is 23. The van der Waals surface area contributed by atoms with Gasteiger partial charge in [-0.25, -0.2) is 0 Å². The van der Waals surface area contributed by atoms with Crippen LogP contribution >= 0.6 is 0 Å². The molecule has 4 amide bonds. The maximum atomic E-state index is 13.2. The topological polar surface area (TPSA) is 739 Å². The fourth-order valence-electron chi connectivity index (χ4n) is 14.2. The van der Waals surface area contributed by atoms with Gasteiger partial charge in [0.1, 0.15) is 207 Å². The summed E-state index contributed by atoms with van der Waals surface area (Å²) in [5, 5.41) is 265. The highest BCUT2D eigenvalue weighted by Crippen LogP contribution is 2.39. The molecule has 9 rings (SSSR count). The van der Waals surface area contributed by atoms with Crippen LogP contribution in [0.15, 0.2) is 0 Å². The van der Waals surface area contributed by atoms with Crippen LogP contribution in [0.5, 0.6) is 0 Å².